The molecule has 0 fully saturated rings. The molecule has 0 saturated heterocycles. The Morgan fingerprint density at radius 1 is 1.11 bits per heavy atom. The van der Waals surface area contributed by atoms with Gasteiger partial charge in [-0.3, -0.25) is 9.59 Å². The van der Waals surface area contributed by atoms with Crippen molar-refractivity contribution in [3.63, 3.8) is 0 Å². The number of thiophene rings is 1. The standard InChI is InChI=1S/C29H33FN2O3S/c1-20(2)12-15-31(29(34)22-6-4-21(3)5-7-22)18-28(33)32-16-13-27-25(14-17-36-27)26(32)19-35-24-10-8-23(30)9-11-24/h4-11,14,17,20,26H,12-13,15-16,18-19H2,1-3H3. The van der Waals surface area contributed by atoms with Crippen LogP contribution in [0.2, 0.25) is 0 Å². The molecule has 1 aliphatic rings. The number of ether oxygens (including phenoxy) is 1. The summed E-state index contributed by atoms with van der Waals surface area (Å²) in [4.78, 5) is 31.8. The van der Waals surface area contributed by atoms with Crippen LogP contribution in [0.5, 0.6) is 5.75 Å². The number of fused-ring (bicyclic) bond motifs is 1. The Balaban J connectivity index is 1.52. The quantitative estimate of drug-likeness (QED) is 0.362. The number of hydrogen-bond acceptors (Lipinski definition) is 4. The Morgan fingerprint density at radius 2 is 1.83 bits per heavy atom. The SMILES string of the molecule is Cc1ccc(C(=O)N(CCC(C)C)CC(=O)N2CCc3sccc3C2COc2ccc(F)cc2)cc1. The lowest BCUT2D eigenvalue weighted by Gasteiger charge is -2.37. The lowest BCUT2D eigenvalue weighted by molar-refractivity contribution is -0.135. The van der Waals surface area contributed by atoms with Crippen LogP contribution in [0.1, 0.15) is 52.7 Å². The van der Waals surface area contributed by atoms with Crippen LogP contribution in [0, 0.1) is 18.7 Å². The van der Waals surface area contributed by atoms with Crippen LogP contribution in [0.15, 0.2) is 60.0 Å². The number of amides is 2. The number of aryl methyl sites for hydroxylation is 1. The third kappa shape index (κ3) is 6.32. The summed E-state index contributed by atoms with van der Waals surface area (Å²) in [5.74, 6) is 0.421. The topological polar surface area (TPSA) is 49.9 Å². The van der Waals surface area contributed by atoms with Crippen molar-refractivity contribution in [2.45, 2.75) is 39.7 Å². The van der Waals surface area contributed by atoms with E-state index >= 15 is 0 Å². The number of hydrogen-bond donors (Lipinski definition) is 0. The van der Waals surface area contributed by atoms with Gasteiger partial charge in [0.15, 0.2) is 0 Å². The van der Waals surface area contributed by atoms with Crippen LogP contribution in [0.25, 0.3) is 0 Å². The van der Waals surface area contributed by atoms with E-state index in [9.17, 15) is 14.0 Å². The lowest BCUT2D eigenvalue weighted by atomic mass is 10.00. The normalized spacial score (nSPS) is 15.0. The fourth-order valence-electron chi connectivity index (χ4n) is 4.38. The molecule has 7 heteroatoms. The fraction of sp³-hybridized carbons (Fsp3) is 0.379. The molecule has 0 spiro atoms. The van der Waals surface area contributed by atoms with E-state index in [1.54, 1.807) is 28.4 Å². The van der Waals surface area contributed by atoms with E-state index in [2.05, 4.69) is 13.8 Å². The first-order chi connectivity index (χ1) is 17.3. The highest BCUT2D eigenvalue weighted by Gasteiger charge is 2.33. The second kappa shape index (κ2) is 11.7. The molecular formula is C29H33FN2O3S. The Morgan fingerprint density at radius 3 is 2.53 bits per heavy atom. The number of nitrogens with zero attached hydrogens (tertiary/aromatic N) is 2. The van der Waals surface area contributed by atoms with E-state index in [0.717, 1.165) is 24.0 Å². The number of carbonyl (C=O) groups excluding carboxylic acids is 2. The second-order valence-corrected chi connectivity index (χ2v) is 10.7. The highest BCUT2D eigenvalue weighted by Crippen LogP contribution is 2.34. The predicted octanol–water partition coefficient (Wildman–Crippen LogP) is 5.89. The monoisotopic (exact) mass is 508 g/mol. The van der Waals surface area contributed by atoms with Crippen LogP contribution in [-0.2, 0) is 11.2 Å². The summed E-state index contributed by atoms with van der Waals surface area (Å²) in [5.41, 5.74) is 2.76. The average molecular weight is 509 g/mol. The molecule has 0 saturated carbocycles. The number of benzene rings is 2. The Labute approximate surface area is 216 Å². The molecule has 36 heavy (non-hydrogen) atoms. The lowest BCUT2D eigenvalue weighted by Crippen LogP contribution is -2.48. The maximum absolute atomic E-state index is 13.7. The predicted molar refractivity (Wildman–Crippen MR) is 141 cm³/mol. The number of carbonyl (C=O) groups is 2. The van der Waals surface area contributed by atoms with Gasteiger partial charge in [0.05, 0.1) is 6.04 Å². The Hall–Kier alpha value is -3.19. The van der Waals surface area contributed by atoms with Gasteiger partial charge in [-0.2, -0.15) is 0 Å². The zero-order valence-electron chi connectivity index (χ0n) is 21.1. The van der Waals surface area contributed by atoms with Crippen LogP contribution >= 0.6 is 11.3 Å². The Bertz CT molecular complexity index is 1170. The summed E-state index contributed by atoms with van der Waals surface area (Å²) in [6.07, 6.45) is 1.60. The molecule has 2 amide bonds. The van der Waals surface area contributed by atoms with Gasteiger partial charge >= 0.3 is 0 Å². The van der Waals surface area contributed by atoms with Crippen LogP contribution in [0.3, 0.4) is 0 Å². The first-order valence-electron chi connectivity index (χ1n) is 12.4. The smallest absolute Gasteiger partial charge is 0.254 e. The Kier molecular flexibility index (Phi) is 8.41. The number of halogens is 1. The van der Waals surface area contributed by atoms with E-state index in [1.807, 2.05) is 47.5 Å². The van der Waals surface area contributed by atoms with Gasteiger partial charge in [-0.15, -0.1) is 11.3 Å². The van der Waals surface area contributed by atoms with Crippen molar-refractivity contribution in [3.05, 3.63) is 87.4 Å². The molecule has 1 atom stereocenters. The van der Waals surface area contributed by atoms with Gasteiger partial charge in [-0.05, 0) is 79.1 Å². The van der Waals surface area contributed by atoms with Crippen molar-refractivity contribution >= 4 is 23.2 Å². The first-order valence-corrected chi connectivity index (χ1v) is 13.3. The van der Waals surface area contributed by atoms with Gasteiger partial charge < -0.3 is 14.5 Å². The maximum atomic E-state index is 13.7. The highest BCUT2D eigenvalue weighted by molar-refractivity contribution is 7.10. The molecule has 3 aromatic rings. The minimum Gasteiger partial charge on any atom is -0.491 e. The molecular weight excluding hydrogens is 475 g/mol. The first kappa shape index (κ1) is 25.9. The van der Waals surface area contributed by atoms with E-state index in [1.165, 1.54) is 17.0 Å². The largest absolute Gasteiger partial charge is 0.491 e. The van der Waals surface area contributed by atoms with Crippen molar-refractivity contribution in [1.82, 2.24) is 9.80 Å². The van der Waals surface area contributed by atoms with Crippen LogP contribution in [0.4, 0.5) is 4.39 Å². The zero-order valence-corrected chi connectivity index (χ0v) is 21.9. The summed E-state index contributed by atoms with van der Waals surface area (Å²) >= 11 is 1.69. The summed E-state index contributed by atoms with van der Waals surface area (Å²) in [6, 6.07) is 15.2. The van der Waals surface area contributed by atoms with Crippen LogP contribution < -0.4 is 4.74 Å². The number of rotatable bonds is 9. The molecule has 0 aliphatic carbocycles. The highest BCUT2D eigenvalue weighted by atomic mass is 32.1. The van der Waals surface area contributed by atoms with Gasteiger partial charge in [0.25, 0.3) is 5.91 Å². The molecule has 0 radical (unpaired) electrons. The molecule has 1 unspecified atom stereocenters. The fourth-order valence-corrected chi connectivity index (χ4v) is 5.31. The minimum absolute atomic E-state index is 0.0198. The molecule has 0 N–H and O–H groups in total. The van der Waals surface area contributed by atoms with Crippen LogP contribution in [-0.4, -0.2) is 47.9 Å². The van der Waals surface area contributed by atoms with Gasteiger partial charge in [-0.1, -0.05) is 31.5 Å². The van der Waals surface area contributed by atoms with Gasteiger partial charge in [0, 0.05) is 23.5 Å². The molecule has 4 rings (SSSR count). The molecule has 2 heterocycles. The second-order valence-electron chi connectivity index (χ2n) is 9.69. The summed E-state index contributed by atoms with van der Waals surface area (Å²) in [7, 11) is 0. The minimum atomic E-state index is -0.323. The third-order valence-electron chi connectivity index (χ3n) is 6.52. The average Bonchev–Trinajstić information content (AvgIpc) is 3.35. The van der Waals surface area contributed by atoms with Gasteiger partial charge in [0.1, 0.15) is 24.7 Å². The summed E-state index contributed by atoms with van der Waals surface area (Å²) < 4.78 is 19.3. The molecule has 1 aliphatic heterocycles. The molecule has 190 valence electrons. The van der Waals surface area contributed by atoms with Gasteiger partial charge in [-0.25, -0.2) is 4.39 Å². The summed E-state index contributed by atoms with van der Waals surface area (Å²) in [5, 5.41) is 2.04. The van der Waals surface area contributed by atoms with Crippen molar-refractivity contribution in [2.75, 3.05) is 26.2 Å². The van der Waals surface area contributed by atoms with Crippen molar-refractivity contribution < 1.29 is 18.7 Å². The molecule has 2 aromatic carbocycles. The molecule has 5 nitrogen and oxygen atoms in total. The van der Waals surface area contributed by atoms with Gasteiger partial charge in [0.2, 0.25) is 5.91 Å². The van der Waals surface area contributed by atoms with E-state index < -0.39 is 0 Å². The summed E-state index contributed by atoms with van der Waals surface area (Å²) in [6.45, 7) is 7.58. The van der Waals surface area contributed by atoms with E-state index in [-0.39, 0.29) is 36.8 Å². The molecule has 0 bridgehead atoms. The van der Waals surface area contributed by atoms with E-state index in [4.69, 9.17) is 4.74 Å². The third-order valence-corrected chi connectivity index (χ3v) is 7.52. The zero-order chi connectivity index (χ0) is 25.7. The maximum Gasteiger partial charge on any atom is 0.254 e. The van der Waals surface area contributed by atoms with Crippen molar-refractivity contribution in [1.29, 1.82) is 0 Å². The molecule has 1 aromatic heterocycles. The van der Waals surface area contributed by atoms with E-state index in [0.29, 0.717) is 30.3 Å². The van der Waals surface area contributed by atoms with Crippen molar-refractivity contribution in [3.8, 4) is 5.75 Å². The van der Waals surface area contributed by atoms with Crippen molar-refractivity contribution in [2.24, 2.45) is 5.92 Å².